The predicted molar refractivity (Wildman–Crippen MR) is 75.3 cm³/mol. The third kappa shape index (κ3) is 6.72. The van der Waals surface area contributed by atoms with Gasteiger partial charge in [0.15, 0.2) is 0 Å². The second-order valence-corrected chi connectivity index (χ2v) is 4.99. The Kier molecular flexibility index (Phi) is 7.62. The van der Waals surface area contributed by atoms with Gasteiger partial charge in [0.05, 0.1) is 18.0 Å². The summed E-state index contributed by atoms with van der Waals surface area (Å²) >= 11 is 0. The summed E-state index contributed by atoms with van der Waals surface area (Å²) in [5, 5.41) is 3.28. The highest BCUT2D eigenvalue weighted by atomic mass is 16.5. The fourth-order valence-corrected chi connectivity index (χ4v) is 1.73. The number of nitrogens with zero attached hydrogens (tertiary/aromatic N) is 1. The predicted octanol–water partition coefficient (Wildman–Crippen LogP) is 3.14. The molecule has 0 saturated heterocycles. The quantitative estimate of drug-likeness (QED) is 0.684. The molecule has 0 fully saturated rings. The highest BCUT2D eigenvalue weighted by Gasteiger charge is 1.99. The molecule has 0 bridgehead atoms. The minimum Gasteiger partial charge on any atom is -0.375 e. The lowest BCUT2D eigenvalue weighted by atomic mass is 10.1. The summed E-state index contributed by atoms with van der Waals surface area (Å²) in [6.07, 6.45) is 2.36. The summed E-state index contributed by atoms with van der Waals surface area (Å²) in [4.78, 5) is 4.56. The summed E-state index contributed by atoms with van der Waals surface area (Å²) in [5.74, 6) is 0.759. The third-order valence-electron chi connectivity index (χ3n) is 2.74. The van der Waals surface area contributed by atoms with Crippen molar-refractivity contribution >= 4 is 0 Å². The van der Waals surface area contributed by atoms with Gasteiger partial charge in [-0.25, -0.2) is 0 Å². The van der Waals surface area contributed by atoms with Gasteiger partial charge in [-0.05, 0) is 37.4 Å². The van der Waals surface area contributed by atoms with Crippen molar-refractivity contribution in [1.29, 1.82) is 0 Å². The first-order valence-electron chi connectivity index (χ1n) is 6.95. The fraction of sp³-hybridized carbons (Fsp3) is 0.667. The fourth-order valence-electron chi connectivity index (χ4n) is 1.73. The molecule has 1 rings (SSSR count). The SMILES string of the molecule is CCNCc1cccc(COCCCC(C)C)n1. The van der Waals surface area contributed by atoms with E-state index >= 15 is 0 Å². The van der Waals surface area contributed by atoms with Gasteiger partial charge < -0.3 is 10.1 Å². The minimum absolute atomic E-state index is 0.623. The lowest BCUT2D eigenvalue weighted by molar-refractivity contribution is 0.112. The van der Waals surface area contributed by atoms with E-state index in [1.807, 2.05) is 18.2 Å². The van der Waals surface area contributed by atoms with E-state index in [2.05, 4.69) is 31.1 Å². The van der Waals surface area contributed by atoms with Gasteiger partial charge in [0.2, 0.25) is 0 Å². The average molecular weight is 250 g/mol. The molecule has 1 aromatic heterocycles. The zero-order valence-electron chi connectivity index (χ0n) is 11.9. The smallest absolute Gasteiger partial charge is 0.0887 e. The number of hydrogen-bond donors (Lipinski definition) is 1. The molecule has 0 aliphatic carbocycles. The zero-order valence-corrected chi connectivity index (χ0v) is 11.9. The van der Waals surface area contributed by atoms with Gasteiger partial charge in [-0.2, -0.15) is 0 Å². The molecular weight excluding hydrogens is 224 g/mol. The van der Waals surface area contributed by atoms with Crippen LogP contribution in [0, 0.1) is 5.92 Å². The molecule has 102 valence electrons. The molecule has 3 heteroatoms. The van der Waals surface area contributed by atoms with Crippen molar-refractivity contribution in [2.45, 2.75) is 46.8 Å². The van der Waals surface area contributed by atoms with Crippen molar-refractivity contribution in [3.8, 4) is 0 Å². The Morgan fingerprint density at radius 2 is 2.06 bits per heavy atom. The van der Waals surface area contributed by atoms with Crippen LogP contribution < -0.4 is 5.32 Å². The molecule has 0 radical (unpaired) electrons. The van der Waals surface area contributed by atoms with Gasteiger partial charge in [-0.1, -0.05) is 26.8 Å². The largest absolute Gasteiger partial charge is 0.375 e. The van der Waals surface area contributed by atoms with Gasteiger partial charge in [0.25, 0.3) is 0 Å². The van der Waals surface area contributed by atoms with Crippen molar-refractivity contribution in [3.63, 3.8) is 0 Å². The maximum Gasteiger partial charge on any atom is 0.0887 e. The van der Waals surface area contributed by atoms with Crippen LogP contribution in [0.1, 0.15) is 45.0 Å². The van der Waals surface area contributed by atoms with Gasteiger partial charge >= 0.3 is 0 Å². The molecule has 0 aliphatic rings. The lowest BCUT2D eigenvalue weighted by Gasteiger charge is -2.07. The molecular formula is C15H26N2O. The molecule has 1 heterocycles. The van der Waals surface area contributed by atoms with E-state index in [9.17, 15) is 0 Å². The van der Waals surface area contributed by atoms with Crippen LogP contribution in [0.2, 0.25) is 0 Å². The lowest BCUT2D eigenvalue weighted by Crippen LogP contribution is -2.13. The Balaban J connectivity index is 2.24. The topological polar surface area (TPSA) is 34.1 Å². The van der Waals surface area contributed by atoms with Crippen molar-refractivity contribution < 1.29 is 4.74 Å². The third-order valence-corrected chi connectivity index (χ3v) is 2.74. The summed E-state index contributed by atoms with van der Waals surface area (Å²) < 4.78 is 5.65. The summed E-state index contributed by atoms with van der Waals surface area (Å²) in [6, 6.07) is 6.12. The Hall–Kier alpha value is -0.930. The number of pyridine rings is 1. The molecule has 0 saturated carbocycles. The average Bonchev–Trinajstić information content (AvgIpc) is 2.36. The molecule has 0 amide bonds. The molecule has 3 nitrogen and oxygen atoms in total. The summed E-state index contributed by atoms with van der Waals surface area (Å²) in [6.45, 7) is 9.84. The van der Waals surface area contributed by atoms with Crippen LogP contribution in [0.3, 0.4) is 0 Å². The van der Waals surface area contributed by atoms with E-state index in [0.29, 0.717) is 6.61 Å². The zero-order chi connectivity index (χ0) is 13.2. The summed E-state index contributed by atoms with van der Waals surface area (Å²) in [5.41, 5.74) is 2.11. The molecule has 1 N–H and O–H groups in total. The normalized spacial score (nSPS) is 11.1. The van der Waals surface area contributed by atoms with E-state index in [0.717, 1.165) is 43.4 Å². The van der Waals surface area contributed by atoms with Gasteiger partial charge in [0, 0.05) is 13.2 Å². The summed E-state index contributed by atoms with van der Waals surface area (Å²) in [7, 11) is 0. The van der Waals surface area contributed by atoms with Crippen LogP contribution in [0.15, 0.2) is 18.2 Å². The Morgan fingerprint density at radius 3 is 2.78 bits per heavy atom. The van der Waals surface area contributed by atoms with Crippen molar-refractivity contribution in [2.75, 3.05) is 13.2 Å². The minimum atomic E-state index is 0.623. The molecule has 0 aromatic carbocycles. The second-order valence-electron chi connectivity index (χ2n) is 4.99. The van der Waals surface area contributed by atoms with E-state index in [4.69, 9.17) is 4.74 Å². The van der Waals surface area contributed by atoms with E-state index in [1.54, 1.807) is 0 Å². The van der Waals surface area contributed by atoms with E-state index < -0.39 is 0 Å². The highest BCUT2D eigenvalue weighted by Crippen LogP contribution is 2.05. The standard InChI is InChI=1S/C15H26N2O/c1-4-16-11-14-8-5-9-15(17-14)12-18-10-6-7-13(2)3/h5,8-9,13,16H,4,6-7,10-12H2,1-3H3. The van der Waals surface area contributed by atoms with Crippen LogP contribution in [0.5, 0.6) is 0 Å². The van der Waals surface area contributed by atoms with Gasteiger partial charge in [-0.3, -0.25) is 4.98 Å². The Morgan fingerprint density at radius 1 is 1.28 bits per heavy atom. The number of hydrogen-bond acceptors (Lipinski definition) is 3. The van der Waals surface area contributed by atoms with E-state index in [-0.39, 0.29) is 0 Å². The molecule has 0 unspecified atom stereocenters. The van der Waals surface area contributed by atoms with Crippen molar-refractivity contribution in [1.82, 2.24) is 10.3 Å². The number of rotatable bonds is 9. The molecule has 18 heavy (non-hydrogen) atoms. The van der Waals surface area contributed by atoms with Crippen LogP contribution in [0.4, 0.5) is 0 Å². The number of nitrogens with one attached hydrogen (secondary N) is 1. The van der Waals surface area contributed by atoms with Crippen molar-refractivity contribution in [2.24, 2.45) is 5.92 Å². The van der Waals surface area contributed by atoms with Crippen LogP contribution in [-0.4, -0.2) is 18.1 Å². The van der Waals surface area contributed by atoms with Crippen LogP contribution in [-0.2, 0) is 17.9 Å². The Bertz CT molecular complexity index is 326. The highest BCUT2D eigenvalue weighted by molar-refractivity contribution is 5.10. The van der Waals surface area contributed by atoms with Crippen molar-refractivity contribution in [3.05, 3.63) is 29.6 Å². The van der Waals surface area contributed by atoms with E-state index in [1.165, 1.54) is 6.42 Å². The number of aromatic nitrogens is 1. The van der Waals surface area contributed by atoms with Crippen LogP contribution >= 0.6 is 0 Å². The monoisotopic (exact) mass is 250 g/mol. The maximum atomic E-state index is 5.65. The van der Waals surface area contributed by atoms with Gasteiger partial charge in [0.1, 0.15) is 0 Å². The molecule has 1 aromatic rings. The second kappa shape index (κ2) is 9.06. The molecule has 0 atom stereocenters. The van der Waals surface area contributed by atoms with Crippen LogP contribution in [0.25, 0.3) is 0 Å². The number of ether oxygens (including phenoxy) is 1. The first-order valence-corrected chi connectivity index (χ1v) is 6.95. The Labute approximate surface area is 111 Å². The first kappa shape index (κ1) is 15.1. The first-order chi connectivity index (χ1) is 8.72. The molecule has 0 aliphatic heterocycles. The van der Waals surface area contributed by atoms with Gasteiger partial charge in [-0.15, -0.1) is 0 Å². The maximum absolute atomic E-state index is 5.65. The molecule has 0 spiro atoms.